The van der Waals surface area contributed by atoms with E-state index in [1.165, 1.54) is 19.3 Å². The molecular weight excluding hydrogens is 226 g/mol. The number of hydrogen-bond donors (Lipinski definition) is 0. The molecule has 2 aliphatic rings. The van der Waals surface area contributed by atoms with Crippen molar-refractivity contribution < 1.29 is 9.47 Å². The fourth-order valence-electron chi connectivity index (χ4n) is 2.68. The molecule has 2 saturated heterocycles. The number of hydrogen-bond acceptors (Lipinski definition) is 3. The molecule has 0 aliphatic carbocycles. The monoisotopic (exact) mass is 247 g/mol. The van der Waals surface area contributed by atoms with Gasteiger partial charge in [0.25, 0.3) is 0 Å². The lowest BCUT2D eigenvalue weighted by Gasteiger charge is -2.41. The van der Waals surface area contributed by atoms with E-state index in [1.807, 2.05) is 30.3 Å². The van der Waals surface area contributed by atoms with Crippen LogP contribution >= 0.6 is 0 Å². The van der Waals surface area contributed by atoms with Crippen LogP contribution in [-0.2, 0) is 4.74 Å². The Morgan fingerprint density at radius 1 is 1.17 bits per heavy atom. The van der Waals surface area contributed by atoms with Gasteiger partial charge >= 0.3 is 0 Å². The molecule has 1 aromatic rings. The number of benzene rings is 1. The molecule has 1 unspecified atom stereocenters. The second-order valence-electron chi connectivity index (χ2n) is 5.26. The average molecular weight is 247 g/mol. The van der Waals surface area contributed by atoms with Gasteiger partial charge in [-0.25, -0.2) is 0 Å². The molecule has 2 aliphatic heterocycles. The molecule has 18 heavy (non-hydrogen) atoms. The quantitative estimate of drug-likeness (QED) is 0.815. The second kappa shape index (κ2) is 5.72. The van der Waals surface area contributed by atoms with Gasteiger partial charge in [0.05, 0.1) is 6.10 Å². The minimum absolute atomic E-state index is 0.357. The third-order valence-electron chi connectivity index (χ3n) is 3.71. The Labute approximate surface area is 109 Å². The Kier molecular flexibility index (Phi) is 3.81. The Morgan fingerprint density at radius 2 is 2.00 bits per heavy atom. The van der Waals surface area contributed by atoms with Crippen molar-refractivity contribution in [3.63, 3.8) is 0 Å². The maximum atomic E-state index is 5.89. The van der Waals surface area contributed by atoms with Crippen molar-refractivity contribution in [3.8, 4) is 5.75 Å². The zero-order valence-electron chi connectivity index (χ0n) is 10.8. The standard InChI is InChI=1S/C15H21NO2/c1-2-6-13(7-3-1)18-15-11-16(12-15)10-14-8-4-5-9-17-14/h1-3,6-7,14-15H,4-5,8-12H2. The lowest BCUT2D eigenvalue weighted by Crippen LogP contribution is -2.56. The van der Waals surface area contributed by atoms with Gasteiger partial charge in [-0.2, -0.15) is 0 Å². The first-order valence-corrected chi connectivity index (χ1v) is 6.96. The molecular formula is C15H21NO2. The summed E-state index contributed by atoms with van der Waals surface area (Å²) in [5, 5.41) is 0. The fourth-order valence-corrected chi connectivity index (χ4v) is 2.68. The first-order chi connectivity index (χ1) is 8.90. The second-order valence-corrected chi connectivity index (χ2v) is 5.26. The molecule has 2 heterocycles. The van der Waals surface area contributed by atoms with E-state index in [4.69, 9.17) is 9.47 Å². The van der Waals surface area contributed by atoms with Crippen LogP contribution in [0.2, 0.25) is 0 Å². The van der Waals surface area contributed by atoms with Gasteiger partial charge < -0.3 is 9.47 Å². The van der Waals surface area contributed by atoms with E-state index >= 15 is 0 Å². The smallest absolute Gasteiger partial charge is 0.124 e. The highest BCUT2D eigenvalue weighted by molar-refractivity contribution is 5.21. The highest BCUT2D eigenvalue weighted by Gasteiger charge is 2.30. The Balaban J connectivity index is 1.38. The highest BCUT2D eigenvalue weighted by atomic mass is 16.5. The van der Waals surface area contributed by atoms with Crippen LogP contribution in [0.25, 0.3) is 0 Å². The minimum atomic E-state index is 0.357. The molecule has 0 aromatic heterocycles. The average Bonchev–Trinajstić information content (AvgIpc) is 2.39. The topological polar surface area (TPSA) is 21.7 Å². The summed E-state index contributed by atoms with van der Waals surface area (Å²) in [7, 11) is 0. The predicted molar refractivity (Wildman–Crippen MR) is 70.9 cm³/mol. The van der Waals surface area contributed by atoms with Crippen LogP contribution in [0.5, 0.6) is 5.75 Å². The number of ether oxygens (including phenoxy) is 2. The largest absolute Gasteiger partial charge is 0.488 e. The van der Waals surface area contributed by atoms with Crippen molar-refractivity contribution in [1.82, 2.24) is 4.90 Å². The molecule has 98 valence electrons. The van der Waals surface area contributed by atoms with E-state index in [2.05, 4.69) is 4.90 Å². The van der Waals surface area contributed by atoms with Crippen LogP contribution in [0, 0.1) is 0 Å². The van der Waals surface area contributed by atoms with E-state index in [1.54, 1.807) is 0 Å². The summed E-state index contributed by atoms with van der Waals surface area (Å²) in [6.45, 7) is 4.10. The molecule has 0 amide bonds. The molecule has 1 atom stereocenters. The third-order valence-corrected chi connectivity index (χ3v) is 3.71. The van der Waals surface area contributed by atoms with Gasteiger partial charge in [0.1, 0.15) is 11.9 Å². The van der Waals surface area contributed by atoms with Gasteiger partial charge in [-0.15, -0.1) is 0 Å². The molecule has 1 aromatic carbocycles. The number of rotatable bonds is 4. The van der Waals surface area contributed by atoms with Gasteiger partial charge in [0.15, 0.2) is 0 Å². The molecule has 3 rings (SSSR count). The number of para-hydroxylation sites is 1. The third kappa shape index (κ3) is 3.03. The zero-order chi connectivity index (χ0) is 12.2. The van der Waals surface area contributed by atoms with Crippen LogP contribution in [0.1, 0.15) is 19.3 Å². The first kappa shape index (κ1) is 12.0. The summed E-state index contributed by atoms with van der Waals surface area (Å²) >= 11 is 0. The first-order valence-electron chi connectivity index (χ1n) is 6.96. The summed E-state index contributed by atoms with van der Waals surface area (Å²) in [6.07, 6.45) is 4.59. The Morgan fingerprint density at radius 3 is 2.72 bits per heavy atom. The molecule has 3 nitrogen and oxygen atoms in total. The van der Waals surface area contributed by atoms with Crippen LogP contribution < -0.4 is 4.74 Å². The Hall–Kier alpha value is -1.06. The van der Waals surface area contributed by atoms with Crippen molar-refractivity contribution >= 4 is 0 Å². The maximum Gasteiger partial charge on any atom is 0.124 e. The summed E-state index contributed by atoms with van der Waals surface area (Å²) in [5.74, 6) is 0.982. The molecule has 0 radical (unpaired) electrons. The Bertz CT molecular complexity index is 356. The lowest BCUT2D eigenvalue weighted by molar-refractivity contribution is -0.0474. The van der Waals surface area contributed by atoms with E-state index in [-0.39, 0.29) is 0 Å². The predicted octanol–water partition coefficient (Wildman–Crippen LogP) is 2.32. The molecule has 2 fully saturated rings. The summed E-state index contributed by atoms with van der Waals surface area (Å²) < 4.78 is 11.6. The zero-order valence-corrected chi connectivity index (χ0v) is 10.8. The van der Waals surface area contributed by atoms with Gasteiger partial charge in [0.2, 0.25) is 0 Å². The number of likely N-dealkylation sites (tertiary alicyclic amines) is 1. The van der Waals surface area contributed by atoms with E-state index in [0.717, 1.165) is 32.0 Å². The van der Waals surface area contributed by atoms with Crippen molar-refractivity contribution in [2.45, 2.75) is 31.5 Å². The molecule has 0 N–H and O–H groups in total. The van der Waals surface area contributed by atoms with E-state index < -0.39 is 0 Å². The van der Waals surface area contributed by atoms with E-state index in [9.17, 15) is 0 Å². The number of nitrogens with zero attached hydrogens (tertiary/aromatic N) is 1. The van der Waals surface area contributed by atoms with Crippen LogP contribution in [0.3, 0.4) is 0 Å². The fraction of sp³-hybridized carbons (Fsp3) is 0.600. The van der Waals surface area contributed by atoms with Crippen LogP contribution in [-0.4, -0.2) is 43.3 Å². The highest BCUT2D eigenvalue weighted by Crippen LogP contribution is 2.20. The summed E-state index contributed by atoms with van der Waals surface area (Å²) in [6, 6.07) is 10.1. The van der Waals surface area contributed by atoms with Gasteiger partial charge in [-0.3, -0.25) is 4.90 Å². The molecule has 0 bridgehead atoms. The SMILES string of the molecule is c1ccc(OC2CN(CC3CCCCO3)C2)cc1. The molecule has 0 spiro atoms. The lowest BCUT2D eigenvalue weighted by atomic mass is 10.1. The van der Waals surface area contributed by atoms with Crippen molar-refractivity contribution in [3.05, 3.63) is 30.3 Å². The van der Waals surface area contributed by atoms with Gasteiger partial charge in [0, 0.05) is 26.2 Å². The van der Waals surface area contributed by atoms with Crippen LogP contribution in [0.15, 0.2) is 30.3 Å². The summed E-state index contributed by atoms with van der Waals surface area (Å²) in [5.41, 5.74) is 0. The minimum Gasteiger partial charge on any atom is -0.488 e. The maximum absolute atomic E-state index is 5.89. The molecule has 0 saturated carbocycles. The van der Waals surface area contributed by atoms with Gasteiger partial charge in [-0.05, 0) is 31.4 Å². The van der Waals surface area contributed by atoms with Crippen LogP contribution in [0.4, 0.5) is 0 Å². The van der Waals surface area contributed by atoms with Crippen molar-refractivity contribution in [2.24, 2.45) is 0 Å². The van der Waals surface area contributed by atoms with Crippen molar-refractivity contribution in [2.75, 3.05) is 26.2 Å². The summed E-state index contributed by atoms with van der Waals surface area (Å²) in [4.78, 5) is 2.43. The van der Waals surface area contributed by atoms with E-state index in [0.29, 0.717) is 12.2 Å². The van der Waals surface area contributed by atoms with Crippen molar-refractivity contribution in [1.29, 1.82) is 0 Å². The normalized spacial score (nSPS) is 25.7. The molecule has 3 heteroatoms. The van der Waals surface area contributed by atoms with Gasteiger partial charge in [-0.1, -0.05) is 18.2 Å².